The summed E-state index contributed by atoms with van der Waals surface area (Å²) in [7, 11) is 3.11. The van der Waals surface area contributed by atoms with Crippen molar-refractivity contribution in [1.82, 2.24) is 9.88 Å². The quantitative estimate of drug-likeness (QED) is 0.747. The van der Waals surface area contributed by atoms with Crippen LogP contribution in [0.15, 0.2) is 18.5 Å². The molecule has 1 aromatic heterocycles. The maximum Gasteiger partial charge on any atom is 0.257 e. The molecule has 1 aromatic rings. The first-order valence-electron chi connectivity index (χ1n) is 5.70. The van der Waals surface area contributed by atoms with Gasteiger partial charge in [0.2, 0.25) is 0 Å². The number of nitrogens with two attached hydrogens (primary N) is 1. The molecule has 1 rings (SSSR count). The van der Waals surface area contributed by atoms with Gasteiger partial charge in [0.1, 0.15) is 5.75 Å². The van der Waals surface area contributed by atoms with E-state index in [1.54, 1.807) is 24.3 Å². The van der Waals surface area contributed by atoms with Gasteiger partial charge in [0, 0.05) is 32.9 Å². The Bertz CT molecular complexity index is 385. The van der Waals surface area contributed by atoms with Crippen molar-refractivity contribution in [3.63, 3.8) is 0 Å². The summed E-state index contributed by atoms with van der Waals surface area (Å²) >= 11 is 0. The number of pyridine rings is 1. The number of carbonyl (C=O) groups excluding carboxylic acids is 1. The highest BCUT2D eigenvalue weighted by Crippen LogP contribution is 2.17. The molecule has 0 aliphatic rings. The van der Waals surface area contributed by atoms with Crippen LogP contribution in [0.1, 0.15) is 10.4 Å². The summed E-state index contributed by atoms with van der Waals surface area (Å²) < 4.78 is 10.1. The number of nitrogens with zero attached hydrogens (tertiary/aromatic N) is 2. The molecule has 1 heterocycles. The highest BCUT2D eigenvalue weighted by molar-refractivity contribution is 5.96. The Morgan fingerprint density at radius 1 is 1.44 bits per heavy atom. The van der Waals surface area contributed by atoms with Crippen molar-refractivity contribution >= 4 is 5.91 Å². The Morgan fingerprint density at radius 2 is 2.22 bits per heavy atom. The Balaban J connectivity index is 2.86. The lowest BCUT2D eigenvalue weighted by Gasteiger charge is -2.22. The van der Waals surface area contributed by atoms with Crippen LogP contribution in [-0.4, -0.2) is 56.3 Å². The van der Waals surface area contributed by atoms with E-state index < -0.39 is 0 Å². The van der Waals surface area contributed by atoms with E-state index in [-0.39, 0.29) is 5.91 Å². The average molecular weight is 253 g/mol. The van der Waals surface area contributed by atoms with Crippen molar-refractivity contribution in [2.45, 2.75) is 0 Å². The van der Waals surface area contributed by atoms with E-state index >= 15 is 0 Å². The zero-order chi connectivity index (χ0) is 13.4. The van der Waals surface area contributed by atoms with Crippen molar-refractivity contribution < 1.29 is 14.3 Å². The first-order chi connectivity index (χ1) is 8.74. The first kappa shape index (κ1) is 14.4. The normalized spacial score (nSPS) is 10.2. The van der Waals surface area contributed by atoms with Gasteiger partial charge in [-0.15, -0.1) is 0 Å². The van der Waals surface area contributed by atoms with E-state index in [1.165, 1.54) is 13.3 Å². The maximum atomic E-state index is 12.3. The minimum absolute atomic E-state index is 0.128. The molecular formula is C12H19N3O3. The molecule has 0 aliphatic carbocycles. The summed E-state index contributed by atoms with van der Waals surface area (Å²) in [4.78, 5) is 17.9. The van der Waals surface area contributed by atoms with Gasteiger partial charge in [-0.05, 0) is 6.07 Å². The van der Waals surface area contributed by atoms with Gasteiger partial charge in [0.25, 0.3) is 5.91 Å². The smallest absolute Gasteiger partial charge is 0.257 e. The minimum Gasteiger partial charge on any atom is -0.494 e. The van der Waals surface area contributed by atoms with Gasteiger partial charge >= 0.3 is 0 Å². The van der Waals surface area contributed by atoms with Gasteiger partial charge in [0.05, 0.1) is 25.5 Å². The number of methoxy groups -OCH3 is 2. The summed E-state index contributed by atoms with van der Waals surface area (Å²) in [6.07, 6.45) is 3.08. The Hall–Kier alpha value is -1.66. The van der Waals surface area contributed by atoms with Crippen molar-refractivity contribution in [1.29, 1.82) is 0 Å². The van der Waals surface area contributed by atoms with Gasteiger partial charge in [0.15, 0.2) is 0 Å². The molecule has 6 nitrogen and oxygen atoms in total. The standard InChI is InChI=1S/C12H19N3O3/c1-17-8-7-15(6-4-13)12(16)10-3-5-14-9-11(10)18-2/h3,5,9H,4,6-8,13H2,1-2H3. The van der Waals surface area contributed by atoms with E-state index in [2.05, 4.69) is 4.98 Å². The number of rotatable bonds is 7. The molecule has 0 atom stereocenters. The fourth-order valence-electron chi connectivity index (χ4n) is 1.56. The van der Waals surface area contributed by atoms with E-state index in [1.807, 2.05) is 0 Å². The van der Waals surface area contributed by atoms with Crippen LogP contribution < -0.4 is 10.5 Å². The number of hydrogen-bond acceptors (Lipinski definition) is 5. The predicted molar refractivity (Wildman–Crippen MR) is 67.6 cm³/mol. The summed E-state index contributed by atoms with van der Waals surface area (Å²) in [6, 6.07) is 1.64. The maximum absolute atomic E-state index is 12.3. The molecule has 0 bridgehead atoms. The molecule has 0 unspecified atom stereocenters. The second-order valence-corrected chi connectivity index (χ2v) is 3.65. The van der Waals surface area contributed by atoms with Gasteiger partial charge in [-0.3, -0.25) is 9.78 Å². The number of aromatic nitrogens is 1. The fourth-order valence-corrected chi connectivity index (χ4v) is 1.56. The van der Waals surface area contributed by atoms with E-state index in [0.717, 1.165) is 0 Å². The van der Waals surface area contributed by atoms with Crippen LogP contribution in [0.25, 0.3) is 0 Å². The lowest BCUT2D eigenvalue weighted by molar-refractivity contribution is 0.0698. The average Bonchev–Trinajstić information content (AvgIpc) is 2.42. The lowest BCUT2D eigenvalue weighted by Crippen LogP contribution is -2.37. The summed E-state index contributed by atoms with van der Waals surface area (Å²) in [5.74, 6) is 0.332. The van der Waals surface area contributed by atoms with Gasteiger partial charge < -0.3 is 20.1 Å². The molecule has 0 saturated heterocycles. The summed E-state index contributed by atoms with van der Waals surface area (Å²) in [5.41, 5.74) is 5.99. The highest BCUT2D eigenvalue weighted by Gasteiger charge is 2.18. The largest absolute Gasteiger partial charge is 0.494 e. The molecule has 0 aromatic carbocycles. The monoisotopic (exact) mass is 253 g/mol. The van der Waals surface area contributed by atoms with Crippen molar-refractivity contribution in [3.05, 3.63) is 24.0 Å². The molecule has 2 N–H and O–H groups in total. The zero-order valence-electron chi connectivity index (χ0n) is 10.8. The molecule has 1 amide bonds. The van der Waals surface area contributed by atoms with Gasteiger partial charge in [-0.1, -0.05) is 0 Å². The third-order valence-electron chi connectivity index (χ3n) is 2.49. The van der Waals surface area contributed by atoms with Crippen LogP contribution in [0.4, 0.5) is 0 Å². The molecule has 0 spiro atoms. The van der Waals surface area contributed by atoms with Crippen LogP contribution >= 0.6 is 0 Å². The predicted octanol–water partition coefficient (Wildman–Crippen LogP) is 0.138. The SMILES string of the molecule is COCCN(CCN)C(=O)c1ccncc1OC. The van der Waals surface area contributed by atoms with Crippen molar-refractivity contribution in [2.24, 2.45) is 5.73 Å². The molecule has 0 aliphatic heterocycles. The summed E-state index contributed by atoms with van der Waals surface area (Å²) in [6.45, 7) is 1.85. The Morgan fingerprint density at radius 3 is 2.83 bits per heavy atom. The molecule has 18 heavy (non-hydrogen) atoms. The Kier molecular flexibility index (Phi) is 6.10. The second-order valence-electron chi connectivity index (χ2n) is 3.65. The molecule has 100 valence electrons. The lowest BCUT2D eigenvalue weighted by atomic mass is 10.2. The highest BCUT2D eigenvalue weighted by atomic mass is 16.5. The van der Waals surface area contributed by atoms with Crippen molar-refractivity contribution in [3.8, 4) is 5.75 Å². The molecular weight excluding hydrogens is 234 g/mol. The molecule has 0 fully saturated rings. The molecule has 0 radical (unpaired) electrons. The number of carbonyl (C=O) groups is 1. The van der Waals surface area contributed by atoms with Crippen molar-refractivity contribution in [2.75, 3.05) is 40.5 Å². The number of amides is 1. The Labute approximate surface area is 107 Å². The van der Waals surface area contributed by atoms with Crippen LogP contribution in [0.5, 0.6) is 5.75 Å². The van der Waals surface area contributed by atoms with E-state index in [0.29, 0.717) is 37.6 Å². The minimum atomic E-state index is -0.128. The third-order valence-corrected chi connectivity index (χ3v) is 2.49. The fraction of sp³-hybridized carbons (Fsp3) is 0.500. The molecule has 6 heteroatoms. The van der Waals surface area contributed by atoms with E-state index in [4.69, 9.17) is 15.2 Å². The van der Waals surface area contributed by atoms with Crippen LogP contribution in [0.2, 0.25) is 0 Å². The first-order valence-corrected chi connectivity index (χ1v) is 5.70. The van der Waals surface area contributed by atoms with Crippen LogP contribution in [0, 0.1) is 0 Å². The molecule has 0 saturated carbocycles. The second kappa shape index (κ2) is 7.62. The third kappa shape index (κ3) is 3.68. The van der Waals surface area contributed by atoms with E-state index in [9.17, 15) is 4.79 Å². The topological polar surface area (TPSA) is 77.7 Å². The van der Waals surface area contributed by atoms with Crippen LogP contribution in [-0.2, 0) is 4.74 Å². The number of ether oxygens (including phenoxy) is 2. The zero-order valence-corrected chi connectivity index (χ0v) is 10.8. The number of hydrogen-bond donors (Lipinski definition) is 1. The van der Waals surface area contributed by atoms with Gasteiger partial charge in [-0.25, -0.2) is 0 Å². The van der Waals surface area contributed by atoms with Crippen LogP contribution in [0.3, 0.4) is 0 Å². The van der Waals surface area contributed by atoms with Gasteiger partial charge in [-0.2, -0.15) is 0 Å². The summed E-state index contributed by atoms with van der Waals surface area (Å²) in [5, 5.41) is 0.